The van der Waals surface area contributed by atoms with Crippen LogP contribution in [0.3, 0.4) is 0 Å². The molecule has 0 atom stereocenters. The standard InChI is InChI=1S/C5H2FN2O2/c6-5-7-2-1-3(8-5)4(9)10/h1H,(H,9,10). The Morgan fingerprint density at radius 3 is 2.90 bits per heavy atom. The molecule has 1 heterocycles. The van der Waals surface area contributed by atoms with Gasteiger partial charge in [-0.15, -0.1) is 0 Å². The monoisotopic (exact) mass is 141 g/mol. The van der Waals surface area contributed by atoms with Gasteiger partial charge in [0, 0.05) is 0 Å². The molecule has 0 saturated heterocycles. The van der Waals surface area contributed by atoms with Gasteiger partial charge >= 0.3 is 12.0 Å². The first-order valence-electron chi connectivity index (χ1n) is 2.34. The van der Waals surface area contributed by atoms with Crippen molar-refractivity contribution in [2.45, 2.75) is 0 Å². The third-order valence-electron chi connectivity index (χ3n) is 0.790. The van der Waals surface area contributed by atoms with E-state index in [2.05, 4.69) is 9.97 Å². The van der Waals surface area contributed by atoms with Gasteiger partial charge in [0.15, 0.2) is 5.69 Å². The summed E-state index contributed by atoms with van der Waals surface area (Å²) in [7, 11) is 0. The van der Waals surface area contributed by atoms with E-state index < -0.39 is 17.7 Å². The largest absolute Gasteiger partial charge is 0.477 e. The van der Waals surface area contributed by atoms with E-state index in [1.807, 2.05) is 6.20 Å². The molecular formula is C5H2FN2O2. The Morgan fingerprint density at radius 1 is 1.80 bits per heavy atom. The summed E-state index contributed by atoms with van der Waals surface area (Å²) in [5.74, 6) is -1.29. The minimum atomic E-state index is -1.29. The van der Waals surface area contributed by atoms with Crippen molar-refractivity contribution in [3.8, 4) is 0 Å². The molecule has 0 bridgehead atoms. The molecule has 0 aliphatic heterocycles. The van der Waals surface area contributed by atoms with E-state index >= 15 is 0 Å². The number of halogens is 1. The minimum Gasteiger partial charge on any atom is -0.477 e. The topological polar surface area (TPSA) is 63.1 Å². The van der Waals surface area contributed by atoms with Crippen LogP contribution in [0.2, 0.25) is 0 Å². The molecule has 0 saturated carbocycles. The molecule has 1 aromatic rings. The van der Waals surface area contributed by atoms with Crippen molar-refractivity contribution in [3.05, 3.63) is 24.0 Å². The fraction of sp³-hybridized carbons (Fsp3) is 0. The molecule has 51 valence electrons. The molecule has 0 aliphatic carbocycles. The molecule has 0 aliphatic rings. The summed E-state index contributed by atoms with van der Waals surface area (Å²) >= 11 is 0. The summed E-state index contributed by atoms with van der Waals surface area (Å²) in [6.45, 7) is 0. The highest BCUT2D eigenvalue weighted by Crippen LogP contribution is 1.92. The molecule has 0 amide bonds. The van der Waals surface area contributed by atoms with E-state index in [4.69, 9.17) is 5.11 Å². The van der Waals surface area contributed by atoms with Gasteiger partial charge in [0.25, 0.3) is 0 Å². The molecule has 10 heavy (non-hydrogen) atoms. The highest BCUT2D eigenvalue weighted by molar-refractivity contribution is 5.84. The van der Waals surface area contributed by atoms with E-state index in [0.29, 0.717) is 0 Å². The third-order valence-corrected chi connectivity index (χ3v) is 0.790. The van der Waals surface area contributed by atoms with Gasteiger partial charge < -0.3 is 5.11 Å². The molecule has 0 aromatic carbocycles. The Kier molecular flexibility index (Phi) is 1.57. The van der Waals surface area contributed by atoms with Gasteiger partial charge in [0.1, 0.15) is 0 Å². The first-order chi connectivity index (χ1) is 4.70. The lowest BCUT2D eigenvalue weighted by Gasteiger charge is -1.88. The molecule has 0 unspecified atom stereocenters. The lowest BCUT2D eigenvalue weighted by Crippen LogP contribution is -2.02. The predicted molar refractivity (Wildman–Crippen MR) is 27.8 cm³/mol. The fourth-order valence-corrected chi connectivity index (χ4v) is 0.413. The number of carboxylic acid groups (broad SMARTS) is 1. The zero-order valence-corrected chi connectivity index (χ0v) is 4.71. The Hall–Kier alpha value is -1.52. The Bertz CT molecular complexity index is 264. The van der Waals surface area contributed by atoms with E-state index in [1.165, 1.54) is 0 Å². The molecule has 0 spiro atoms. The normalized spacial score (nSPS) is 9.30. The number of hydrogen-bond acceptors (Lipinski definition) is 3. The van der Waals surface area contributed by atoms with Gasteiger partial charge in [-0.2, -0.15) is 9.37 Å². The number of rotatable bonds is 1. The lowest BCUT2D eigenvalue weighted by atomic mass is 10.4. The molecule has 4 nitrogen and oxygen atoms in total. The summed E-state index contributed by atoms with van der Waals surface area (Å²) in [5.41, 5.74) is -0.396. The molecule has 1 aromatic heterocycles. The van der Waals surface area contributed by atoms with E-state index in [-0.39, 0.29) is 0 Å². The highest BCUT2D eigenvalue weighted by Gasteiger charge is 2.04. The Labute approximate surface area is 55.4 Å². The summed E-state index contributed by atoms with van der Waals surface area (Å²) in [4.78, 5) is 16.0. The molecule has 0 fully saturated rings. The first-order valence-corrected chi connectivity index (χ1v) is 2.34. The maximum absolute atomic E-state index is 12.0. The zero-order chi connectivity index (χ0) is 7.56. The van der Waals surface area contributed by atoms with Crippen LogP contribution in [0.4, 0.5) is 4.39 Å². The van der Waals surface area contributed by atoms with Crippen LogP contribution in [-0.4, -0.2) is 21.0 Å². The van der Waals surface area contributed by atoms with Crippen molar-refractivity contribution >= 4 is 5.97 Å². The van der Waals surface area contributed by atoms with Crippen molar-refractivity contribution in [1.29, 1.82) is 0 Å². The second-order valence-electron chi connectivity index (χ2n) is 1.46. The second-order valence-corrected chi connectivity index (χ2v) is 1.46. The number of aromatic nitrogens is 2. The zero-order valence-electron chi connectivity index (χ0n) is 4.71. The van der Waals surface area contributed by atoms with Gasteiger partial charge in [-0.1, -0.05) is 0 Å². The van der Waals surface area contributed by atoms with Crippen LogP contribution >= 0.6 is 0 Å². The van der Waals surface area contributed by atoms with Crippen LogP contribution in [-0.2, 0) is 0 Å². The van der Waals surface area contributed by atoms with Crippen molar-refractivity contribution < 1.29 is 14.3 Å². The average molecular weight is 141 g/mol. The first kappa shape index (κ1) is 6.60. The lowest BCUT2D eigenvalue weighted by molar-refractivity contribution is 0.0688. The smallest absolute Gasteiger partial charge is 0.354 e. The van der Waals surface area contributed by atoms with Crippen molar-refractivity contribution in [1.82, 2.24) is 9.97 Å². The van der Waals surface area contributed by atoms with Crippen LogP contribution in [0, 0.1) is 12.3 Å². The predicted octanol–water partition coefficient (Wildman–Crippen LogP) is 0.114. The SMILES string of the molecule is O=C(O)c1c[c]nc(F)n1. The summed E-state index contributed by atoms with van der Waals surface area (Å²) in [6.07, 6.45) is 0.959. The average Bonchev–Trinajstić information content (AvgIpc) is 1.88. The third kappa shape index (κ3) is 1.25. The summed E-state index contributed by atoms with van der Waals surface area (Å²) in [5, 5.41) is 8.23. The van der Waals surface area contributed by atoms with Gasteiger partial charge in [0.2, 0.25) is 0 Å². The fourth-order valence-electron chi connectivity index (χ4n) is 0.413. The van der Waals surface area contributed by atoms with Crippen LogP contribution in [0.1, 0.15) is 10.5 Å². The second kappa shape index (κ2) is 2.38. The summed E-state index contributed by atoms with van der Waals surface area (Å²) < 4.78 is 12.0. The molecule has 1 radical (unpaired) electrons. The van der Waals surface area contributed by atoms with Crippen LogP contribution in [0.25, 0.3) is 0 Å². The van der Waals surface area contributed by atoms with Crippen LogP contribution < -0.4 is 0 Å². The number of aromatic carboxylic acids is 1. The molecule has 1 N–H and O–H groups in total. The maximum atomic E-state index is 12.0. The van der Waals surface area contributed by atoms with E-state index in [1.54, 1.807) is 0 Å². The number of carboxylic acids is 1. The van der Waals surface area contributed by atoms with Crippen molar-refractivity contribution in [2.75, 3.05) is 0 Å². The number of hydrogen-bond donors (Lipinski definition) is 1. The highest BCUT2D eigenvalue weighted by atomic mass is 19.1. The van der Waals surface area contributed by atoms with Gasteiger partial charge in [-0.25, -0.2) is 9.78 Å². The van der Waals surface area contributed by atoms with E-state index in [9.17, 15) is 9.18 Å². The Balaban J connectivity index is 3.07. The molecule has 1 rings (SSSR count). The maximum Gasteiger partial charge on any atom is 0.354 e. The number of carbonyl (C=O) groups is 1. The van der Waals surface area contributed by atoms with Gasteiger partial charge in [-0.05, 0) is 6.07 Å². The van der Waals surface area contributed by atoms with Gasteiger partial charge in [0.05, 0.1) is 6.20 Å². The van der Waals surface area contributed by atoms with Crippen LogP contribution in [0.5, 0.6) is 0 Å². The van der Waals surface area contributed by atoms with Crippen molar-refractivity contribution in [3.63, 3.8) is 0 Å². The van der Waals surface area contributed by atoms with Gasteiger partial charge in [-0.3, -0.25) is 0 Å². The minimum absolute atomic E-state index is 0.396. The van der Waals surface area contributed by atoms with E-state index in [0.717, 1.165) is 6.07 Å². The molecule has 5 heteroatoms. The van der Waals surface area contributed by atoms with Crippen LogP contribution in [0.15, 0.2) is 6.07 Å². The molecular weight excluding hydrogens is 139 g/mol. The Morgan fingerprint density at radius 2 is 2.50 bits per heavy atom. The van der Waals surface area contributed by atoms with Crippen molar-refractivity contribution in [2.24, 2.45) is 0 Å². The number of nitrogens with zero attached hydrogens (tertiary/aromatic N) is 2. The summed E-state index contributed by atoms with van der Waals surface area (Å²) in [6, 6.07) is 0.991. The quantitative estimate of drug-likeness (QED) is 0.564.